The smallest absolute Gasteiger partial charge is 0.272 e. The highest BCUT2D eigenvalue weighted by Gasteiger charge is 2.19. The maximum absolute atomic E-state index is 11.0. The van der Waals surface area contributed by atoms with Gasteiger partial charge in [-0.05, 0) is 30.6 Å². The van der Waals surface area contributed by atoms with Gasteiger partial charge in [0.05, 0.1) is 4.92 Å². The van der Waals surface area contributed by atoms with Gasteiger partial charge < -0.3 is 10.0 Å². The molecule has 6 heteroatoms. The Morgan fingerprint density at radius 2 is 2.17 bits per heavy atom. The first kappa shape index (κ1) is 17.6. The van der Waals surface area contributed by atoms with E-state index in [2.05, 4.69) is 13.8 Å². The monoisotopic (exact) mass is 334 g/mol. The third kappa shape index (κ3) is 4.59. The Morgan fingerprint density at radius 1 is 1.43 bits per heavy atom. The molecule has 0 bridgehead atoms. The van der Waals surface area contributed by atoms with E-state index in [9.17, 15) is 15.2 Å². The SMILES string of the molecule is Cc1c(CN2C=CC(SCC(C)C)=CC2O)cccc1[N+](=O)[O-]. The number of allylic oxidation sites excluding steroid dienone is 1. The molecule has 1 aliphatic heterocycles. The van der Waals surface area contributed by atoms with Gasteiger partial charge in [0.1, 0.15) is 6.23 Å². The molecular weight excluding hydrogens is 312 g/mol. The maximum Gasteiger partial charge on any atom is 0.272 e. The van der Waals surface area contributed by atoms with Crippen LogP contribution in [0.3, 0.4) is 0 Å². The summed E-state index contributed by atoms with van der Waals surface area (Å²) < 4.78 is 0. The standard InChI is InChI=1S/C17H22N2O3S/c1-12(2)11-23-15-7-8-18(17(20)9-15)10-14-5-4-6-16(13(14)3)19(21)22/h4-9,12,17,20H,10-11H2,1-3H3. The van der Waals surface area contributed by atoms with Crippen LogP contribution < -0.4 is 0 Å². The Kier molecular flexibility index (Phi) is 5.85. The van der Waals surface area contributed by atoms with Crippen molar-refractivity contribution < 1.29 is 10.0 Å². The molecular formula is C17H22N2O3S. The van der Waals surface area contributed by atoms with Crippen LogP contribution in [0.15, 0.2) is 41.5 Å². The van der Waals surface area contributed by atoms with Crippen molar-refractivity contribution in [3.8, 4) is 0 Å². The topological polar surface area (TPSA) is 66.6 Å². The molecule has 23 heavy (non-hydrogen) atoms. The first-order valence-corrected chi connectivity index (χ1v) is 8.56. The van der Waals surface area contributed by atoms with Crippen LogP contribution in [0.25, 0.3) is 0 Å². The van der Waals surface area contributed by atoms with Crippen LogP contribution in [0.2, 0.25) is 0 Å². The van der Waals surface area contributed by atoms with E-state index < -0.39 is 6.23 Å². The highest BCUT2D eigenvalue weighted by Crippen LogP contribution is 2.27. The Morgan fingerprint density at radius 3 is 2.78 bits per heavy atom. The van der Waals surface area contributed by atoms with Crippen molar-refractivity contribution in [2.45, 2.75) is 33.5 Å². The van der Waals surface area contributed by atoms with Gasteiger partial charge in [0.25, 0.3) is 5.69 Å². The van der Waals surface area contributed by atoms with Crippen LogP contribution in [-0.4, -0.2) is 26.9 Å². The van der Waals surface area contributed by atoms with Crippen LogP contribution >= 0.6 is 11.8 Å². The van der Waals surface area contributed by atoms with Crippen LogP contribution in [0.4, 0.5) is 5.69 Å². The number of aliphatic hydroxyl groups is 1. The normalized spacial score (nSPS) is 17.5. The van der Waals surface area contributed by atoms with Crippen molar-refractivity contribution in [1.29, 1.82) is 0 Å². The Labute approximate surface area is 140 Å². The summed E-state index contributed by atoms with van der Waals surface area (Å²) >= 11 is 1.73. The lowest BCUT2D eigenvalue weighted by Gasteiger charge is -2.28. The van der Waals surface area contributed by atoms with Gasteiger partial charge in [0, 0.05) is 35.0 Å². The van der Waals surface area contributed by atoms with Crippen molar-refractivity contribution in [3.05, 3.63) is 62.7 Å². The molecule has 1 N–H and O–H groups in total. The van der Waals surface area contributed by atoms with E-state index in [1.807, 2.05) is 24.4 Å². The number of nitro benzene ring substituents is 1. The third-order valence-electron chi connectivity index (χ3n) is 3.63. The minimum atomic E-state index is -0.715. The molecule has 1 aromatic carbocycles. The molecule has 2 rings (SSSR count). The summed E-state index contributed by atoms with van der Waals surface area (Å²) in [7, 11) is 0. The van der Waals surface area contributed by atoms with Crippen molar-refractivity contribution >= 4 is 17.4 Å². The highest BCUT2D eigenvalue weighted by molar-refractivity contribution is 8.03. The van der Waals surface area contributed by atoms with E-state index in [0.29, 0.717) is 18.0 Å². The number of aliphatic hydroxyl groups excluding tert-OH is 1. The molecule has 0 aliphatic carbocycles. The lowest BCUT2D eigenvalue weighted by Crippen LogP contribution is -2.30. The van der Waals surface area contributed by atoms with Crippen LogP contribution in [-0.2, 0) is 6.54 Å². The Balaban J connectivity index is 2.07. The lowest BCUT2D eigenvalue weighted by molar-refractivity contribution is -0.385. The molecule has 0 amide bonds. The molecule has 5 nitrogen and oxygen atoms in total. The van der Waals surface area contributed by atoms with Crippen molar-refractivity contribution in [2.24, 2.45) is 5.92 Å². The van der Waals surface area contributed by atoms with Crippen molar-refractivity contribution in [2.75, 3.05) is 5.75 Å². The van der Waals surface area contributed by atoms with Crippen molar-refractivity contribution in [3.63, 3.8) is 0 Å². The van der Waals surface area contributed by atoms with Gasteiger partial charge in [0.2, 0.25) is 0 Å². The zero-order chi connectivity index (χ0) is 17.0. The second-order valence-electron chi connectivity index (χ2n) is 5.99. The summed E-state index contributed by atoms with van der Waals surface area (Å²) in [5, 5.41) is 21.3. The first-order chi connectivity index (χ1) is 10.9. The quantitative estimate of drug-likeness (QED) is 0.633. The van der Waals surface area contributed by atoms with E-state index in [-0.39, 0.29) is 10.6 Å². The number of nitro groups is 1. The van der Waals surface area contributed by atoms with E-state index >= 15 is 0 Å². The first-order valence-electron chi connectivity index (χ1n) is 7.58. The highest BCUT2D eigenvalue weighted by atomic mass is 32.2. The molecule has 124 valence electrons. The summed E-state index contributed by atoms with van der Waals surface area (Å²) in [6, 6.07) is 5.04. The zero-order valence-corrected chi connectivity index (χ0v) is 14.4. The predicted molar refractivity (Wildman–Crippen MR) is 93.9 cm³/mol. The van der Waals surface area contributed by atoms with E-state index in [1.165, 1.54) is 6.07 Å². The summed E-state index contributed by atoms with van der Waals surface area (Å²) in [4.78, 5) is 13.5. The molecule has 1 aliphatic rings. The number of rotatable bonds is 6. The summed E-state index contributed by atoms with van der Waals surface area (Å²) in [6.45, 7) is 6.50. The summed E-state index contributed by atoms with van der Waals surface area (Å²) in [5.74, 6) is 1.60. The minimum Gasteiger partial charge on any atom is -0.370 e. The molecule has 1 heterocycles. The van der Waals surface area contributed by atoms with Crippen LogP contribution in [0.1, 0.15) is 25.0 Å². The zero-order valence-electron chi connectivity index (χ0n) is 13.6. The van der Waals surface area contributed by atoms with Gasteiger partial charge in [-0.15, -0.1) is 11.8 Å². The fourth-order valence-electron chi connectivity index (χ4n) is 2.30. The van der Waals surface area contributed by atoms with Gasteiger partial charge in [-0.3, -0.25) is 10.1 Å². The maximum atomic E-state index is 11.0. The number of thioether (sulfide) groups is 1. The van der Waals surface area contributed by atoms with Gasteiger partial charge in [-0.25, -0.2) is 0 Å². The molecule has 0 spiro atoms. The Hall–Kier alpha value is -1.79. The van der Waals surface area contributed by atoms with Gasteiger partial charge in [0.15, 0.2) is 0 Å². The Bertz CT molecular complexity index is 641. The number of hydrogen-bond acceptors (Lipinski definition) is 5. The lowest BCUT2D eigenvalue weighted by atomic mass is 10.1. The van der Waals surface area contributed by atoms with Crippen molar-refractivity contribution in [1.82, 2.24) is 4.90 Å². The predicted octanol–water partition coefficient (Wildman–Crippen LogP) is 3.82. The van der Waals surface area contributed by atoms with Crippen LogP contribution in [0, 0.1) is 23.0 Å². The number of hydrogen-bond donors (Lipinski definition) is 1. The average Bonchev–Trinajstić information content (AvgIpc) is 2.49. The number of nitrogens with zero attached hydrogens (tertiary/aromatic N) is 2. The molecule has 1 aromatic rings. The third-order valence-corrected chi connectivity index (χ3v) is 5.07. The van der Waals surface area contributed by atoms with Gasteiger partial charge >= 0.3 is 0 Å². The average molecular weight is 334 g/mol. The summed E-state index contributed by atoms with van der Waals surface area (Å²) in [5.41, 5.74) is 1.60. The summed E-state index contributed by atoms with van der Waals surface area (Å²) in [6.07, 6.45) is 4.94. The minimum absolute atomic E-state index is 0.113. The van der Waals surface area contributed by atoms with Gasteiger partial charge in [-0.1, -0.05) is 26.0 Å². The molecule has 0 fully saturated rings. The molecule has 0 saturated carbocycles. The van der Waals surface area contributed by atoms with Crippen LogP contribution in [0.5, 0.6) is 0 Å². The second-order valence-corrected chi connectivity index (χ2v) is 7.09. The molecule has 0 saturated heterocycles. The molecule has 1 unspecified atom stereocenters. The molecule has 0 aromatic heterocycles. The fourth-order valence-corrected chi connectivity index (χ4v) is 3.20. The largest absolute Gasteiger partial charge is 0.370 e. The molecule has 1 atom stereocenters. The fraction of sp³-hybridized carbons (Fsp3) is 0.412. The van der Waals surface area contributed by atoms with E-state index in [4.69, 9.17) is 0 Å². The van der Waals surface area contributed by atoms with E-state index in [0.717, 1.165) is 16.2 Å². The second kappa shape index (κ2) is 7.66. The molecule has 0 radical (unpaired) electrons. The number of benzene rings is 1. The van der Waals surface area contributed by atoms with E-state index in [1.54, 1.807) is 29.7 Å². The van der Waals surface area contributed by atoms with Gasteiger partial charge in [-0.2, -0.15) is 0 Å².